The van der Waals surface area contributed by atoms with Crippen molar-refractivity contribution >= 4 is 75.4 Å². The fourth-order valence-electron chi connectivity index (χ4n) is 3.74. The summed E-state index contributed by atoms with van der Waals surface area (Å²) in [7, 11) is -3.10. The molecule has 0 saturated carbocycles. The molecule has 2 aromatic rings. The van der Waals surface area contributed by atoms with Gasteiger partial charge in [0, 0.05) is 20.3 Å². The standard InChI is InChI=1S/C28H39Br2N6O7P/c1-17(2)13-23(35-27(39)33-21-9-5-19(29)6-10-21)25(37)31-15-42-44(41)43-16-32-26(38)24(14-18(3)4)36-28(40)34-22-11-7-20(30)8-12-22/h5-12,17-18,23-24,44H,13-16H2,1-4H3,(H,31,37)(H,32,38)(H2,33,35,39)(H2,34,36,40)/t23-,24-/m0/s1. The van der Waals surface area contributed by atoms with E-state index in [2.05, 4.69) is 63.8 Å². The first kappa shape index (κ1) is 37.2. The summed E-state index contributed by atoms with van der Waals surface area (Å²) in [6, 6.07) is 11.0. The number of amides is 6. The minimum atomic E-state index is -3.10. The number of hydrogen-bond donors (Lipinski definition) is 6. The maximum atomic E-state index is 12.7. The minimum Gasteiger partial charge on any atom is -0.331 e. The van der Waals surface area contributed by atoms with Crippen molar-refractivity contribution in [1.29, 1.82) is 0 Å². The van der Waals surface area contributed by atoms with Crippen LogP contribution >= 0.6 is 40.1 Å². The van der Waals surface area contributed by atoms with Gasteiger partial charge in [-0.05, 0) is 73.2 Å². The number of carbonyl (C=O) groups is 4. The molecule has 13 nitrogen and oxygen atoms in total. The number of halogens is 2. The summed E-state index contributed by atoms with van der Waals surface area (Å²) in [5.41, 5.74) is 1.10. The van der Waals surface area contributed by atoms with E-state index < -0.39 is 57.7 Å². The van der Waals surface area contributed by atoms with Crippen molar-refractivity contribution in [2.45, 2.75) is 52.6 Å². The Kier molecular flexibility index (Phi) is 16.4. The Labute approximate surface area is 274 Å². The molecule has 6 N–H and O–H groups in total. The number of urea groups is 2. The molecule has 0 aliphatic heterocycles. The van der Waals surface area contributed by atoms with Crippen LogP contribution in [0.25, 0.3) is 0 Å². The molecule has 0 saturated heterocycles. The van der Waals surface area contributed by atoms with Crippen molar-refractivity contribution < 1.29 is 32.8 Å². The van der Waals surface area contributed by atoms with Gasteiger partial charge in [0.2, 0.25) is 11.8 Å². The SMILES string of the molecule is CC(C)C[C@H](NC(=O)Nc1ccc(Br)cc1)C(=O)NCO[PH](=O)OCNC(=O)[C@H](CC(C)C)NC(=O)Nc1ccc(Br)cc1. The fourth-order valence-corrected chi connectivity index (χ4v) is 4.74. The van der Waals surface area contributed by atoms with Gasteiger partial charge in [0.25, 0.3) is 0 Å². The van der Waals surface area contributed by atoms with E-state index in [1.54, 1.807) is 48.5 Å². The second kappa shape index (κ2) is 19.4. The molecule has 44 heavy (non-hydrogen) atoms. The zero-order chi connectivity index (χ0) is 32.6. The highest BCUT2D eigenvalue weighted by molar-refractivity contribution is 9.10. The first-order chi connectivity index (χ1) is 20.8. The Morgan fingerprint density at radius 3 is 1.32 bits per heavy atom. The molecule has 0 bridgehead atoms. The number of anilines is 2. The van der Waals surface area contributed by atoms with E-state index in [0.717, 1.165) is 8.95 Å². The molecule has 16 heteroatoms. The topological polar surface area (TPSA) is 176 Å². The molecule has 0 fully saturated rings. The average Bonchev–Trinajstić information content (AvgIpc) is 2.94. The zero-order valence-corrected chi connectivity index (χ0v) is 29.0. The first-order valence-corrected chi connectivity index (χ1v) is 16.6. The summed E-state index contributed by atoms with van der Waals surface area (Å²) >= 11 is 6.65. The van der Waals surface area contributed by atoms with Gasteiger partial charge in [-0.2, -0.15) is 0 Å². The average molecular weight is 762 g/mol. The van der Waals surface area contributed by atoms with E-state index >= 15 is 0 Å². The van der Waals surface area contributed by atoms with Crippen LogP contribution in [0.4, 0.5) is 21.0 Å². The lowest BCUT2D eigenvalue weighted by atomic mass is 10.0. The van der Waals surface area contributed by atoms with Gasteiger partial charge in [-0.25, -0.2) is 9.59 Å². The van der Waals surface area contributed by atoms with E-state index in [-0.39, 0.29) is 11.8 Å². The third-order valence-electron chi connectivity index (χ3n) is 5.73. The van der Waals surface area contributed by atoms with Gasteiger partial charge < -0.3 is 31.9 Å². The van der Waals surface area contributed by atoms with Gasteiger partial charge in [0.1, 0.15) is 25.5 Å². The molecule has 242 valence electrons. The van der Waals surface area contributed by atoms with E-state index in [4.69, 9.17) is 9.05 Å². The number of benzene rings is 2. The third-order valence-corrected chi connectivity index (χ3v) is 7.55. The largest absolute Gasteiger partial charge is 0.331 e. The molecule has 6 amide bonds. The molecule has 2 aromatic carbocycles. The van der Waals surface area contributed by atoms with Crippen molar-refractivity contribution in [2.24, 2.45) is 11.8 Å². The number of rotatable bonds is 16. The van der Waals surface area contributed by atoms with Gasteiger partial charge in [0.05, 0.1) is 0 Å². The molecule has 0 aromatic heterocycles. The van der Waals surface area contributed by atoms with E-state index in [0.29, 0.717) is 24.2 Å². The Morgan fingerprint density at radius 1 is 0.659 bits per heavy atom. The van der Waals surface area contributed by atoms with Gasteiger partial charge in [0.15, 0.2) is 0 Å². The highest BCUT2D eigenvalue weighted by Crippen LogP contribution is 2.22. The second-order valence-corrected chi connectivity index (χ2v) is 13.4. The smallest absolute Gasteiger partial charge is 0.322 e. The molecule has 2 rings (SSSR count). The molecule has 0 spiro atoms. The lowest BCUT2D eigenvalue weighted by Gasteiger charge is -2.21. The van der Waals surface area contributed by atoms with Crippen molar-refractivity contribution in [3.8, 4) is 0 Å². The molecule has 0 radical (unpaired) electrons. The van der Waals surface area contributed by atoms with E-state index in [1.165, 1.54) is 0 Å². The number of hydrogen-bond acceptors (Lipinski definition) is 7. The minimum absolute atomic E-state index is 0.0894. The summed E-state index contributed by atoms with van der Waals surface area (Å²) in [6.45, 7) is 6.74. The third kappa shape index (κ3) is 15.2. The highest BCUT2D eigenvalue weighted by Gasteiger charge is 2.23. The van der Waals surface area contributed by atoms with Crippen molar-refractivity contribution in [3.63, 3.8) is 0 Å². The van der Waals surface area contributed by atoms with Crippen molar-refractivity contribution in [3.05, 3.63) is 57.5 Å². The maximum absolute atomic E-state index is 12.7. The second-order valence-electron chi connectivity index (χ2n) is 10.5. The van der Waals surface area contributed by atoms with Gasteiger partial charge in [-0.1, -0.05) is 59.6 Å². The van der Waals surface area contributed by atoms with Crippen LogP contribution in [-0.4, -0.2) is 49.4 Å². The van der Waals surface area contributed by atoms with Crippen LogP contribution in [0.1, 0.15) is 40.5 Å². The van der Waals surface area contributed by atoms with Gasteiger partial charge in [-0.15, -0.1) is 0 Å². The fraction of sp³-hybridized carbons (Fsp3) is 0.429. The molecule has 0 unspecified atom stereocenters. The van der Waals surface area contributed by atoms with Crippen LogP contribution in [0.3, 0.4) is 0 Å². The van der Waals surface area contributed by atoms with Crippen molar-refractivity contribution in [2.75, 3.05) is 24.1 Å². The predicted molar refractivity (Wildman–Crippen MR) is 176 cm³/mol. The zero-order valence-electron chi connectivity index (χ0n) is 24.9. The lowest BCUT2D eigenvalue weighted by molar-refractivity contribution is -0.124. The Morgan fingerprint density at radius 2 is 1.00 bits per heavy atom. The molecular weight excluding hydrogens is 723 g/mol. The van der Waals surface area contributed by atoms with Crippen LogP contribution in [0.2, 0.25) is 0 Å². The highest BCUT2D eigenvalue weighted by atomic mass is 79.9. The Bertz CT molecular complexity index is 1170. The molecule has 0 aliphatic rings. The predicted octanol–water partition coefficient (Wildman–Crippen LogP) is 5.55. The summed E-state index contributed by atoms with van der Waals surface area (Å²) in [6.07, 6.45) is 0.702. The van der Waals surface area contributed by atoms with Gasteiger partial charge in [-0.3, -0.25) is 23.2 Å². The lowest BCUT2D eigenvalue weighted by Crippen LogP contribution is -2.49. The Balaban J connectivity index is 1.77. The van der Waals surface area contributed by atoms with Crippen LogP contribution in [0.15, 0.2) is 57.5 Å². The molecular formula is C28H39Br2N6O7P. The van der Waals surface area contributed by atoms with Crippen LogP contribution in [-0.2, 0) is 23.2 Å². The number of carbonyl (C=O) groups excluding carboxylic acids is 4. The van der Waals surface area contributed by atoms with E-state index in [9.17, 15) is 23.7 Å². The monoisotopic (exact) mass is 760 g/mol. The Hall–Kier alpha value is -2.97. The van der Waals surface area contributed by atoms with Crippen LogP contribution in [0, 0.1) is 11.8 Å². The molecule has 0 heterocycles. The summed E-state index contributed by atoms with van der Waals surface area (Å²) in [5, 5.41) is 15.5. The number of nitrogens with one attached hydrogen (secondary N) is 6. The first-order valence-electron chi connectivity index (χ1n) is 13.8. The summed E-state index contributed by atoms with van der Waals surface area (Å²) in [4.78, 5) is 50.3. The van der Waals surface area contributed by atoms with E-state index in [1.807, 2.05) is 27.7 Å². The molecule has 2 atom stereocenters. The van der Waals surface area contributed by atoms with Crippen LogP contribution in [0.5, 0.6) is 0 Å². The summed E-state index contributed by atoms with van der Waals surface area (Å²) in [5.74, 6) is -0.883. The van der Waals surface area contributed by atoms with Crippen molar-refractivity contribution in [1.82, 2.24) is 21.3 Å². The normalized spacial score (nSPS) is 12.4. The molecule has 0 aliphatic carbocycles. The maximum Gasteiger partial charge on any atom is 0.322 e. The van der Waals surface area contributed by atoms with Crippen LogP contribution < -0.4 is 31.9 Å². The quantitative estimate of drug-likeness (QED) is 0.0960. The van der Waals surface area contributed by atoms with Gasteiger partial charge >= 0.3 is 20.3 Å². The summed E-state index contributed by atoms with van der Waals surface area (Å²) < 4.78 is 24.0.